The first-order chi connectivity index (χ1) is 12.6. The van der Waals surface area contributed by atoms with Crippen molar-refractivity contribution in [3.8, 4) is 28.7 Å². The number of hydrogen-bond donors (Lipinski definition) is 1. The minimum atomic E-state index is -0.361. The predicted octanol–water partition coefficient (Wildman–Crippen LogP) is 3.01. The van der Waals surface area contributed by atoms with E-state index in [1.54, 1.807) is 24.3 Å². The van der Waals surface area contributed by atoms with Crippen molar-refractivity contribution < 1.29 is 33.6 Å². The fraction of sp³-hybridized carbons (Fsp3) is 0.211. The summed E-state index contributed by atoms with van der Waals surface area (Å²) in [7, 11) is 3.00. The zero-order valence-corrected chi connectivity index (χ0v) is 14.4. The second kappa shape index (κ2) is 7.79. The van der Waals surface area contributed by atoms with Crippen LogP contribution in [0.1, 0.15) is 15.9 Å². The summed E-state index contributed by atoms with van der Waals surface area (Å²) in [5.74, 6) is 1.57. The standard InChI is InChI=1S/C19H18O7/c1-22-10-24-17-9-19-18(25-11-26-19)7-12(17)3-6-15(20)14-5-4-13(23-2)8-16(14)21/h3-9,21H,10-11H2,1-2H3/b6-3+. The van der Waals surface area contributed by atoms with E-state index < -0.39 is 0 Å². The molecular formula is C19H18O7. The molecule has 7 nitrogen and oxygen atoms in total. The molecule has 1 aliphatic heterocycles. The van der Waals surface area contributed by atoms with Crippen LogP contribution < -0.4 is 18.9 Å². The summed E-state index contributed by atoms with van der Waals surface area (Å²) in [4.78, 5) is 12.4. The van der Waals surface area contributed by atoms with E-state index in [0.29, 0.717) is 28.6 Å². The van der Waals surface area contributed by atoms with Crippen LogP contribution in [0, 0.1) is 0 Å². The molecule has 0 aliphatic carbocycles. The number of methoxy groups -OCH3 is 2. The number of rotatable bonds is 7. The second-order valence-electron chi connectivity index (χ2n) is 5.37. The van der Waals surface area contributed by atoms with E-state index in [-0.39, 0.29) is 30.7 Å². The Kier molecular flexibility index (Phi) is 5.28. The Morgan fingerprint density at radius 3 is 2.65 bits per heavy atom. The summed E-state index contributed by atoms with van der Waals surface area (Å²) in [5.41, 5.74) is 0.787. The van der Waals surface area contributed by atoms with Crippen molar-refractivity contribution in [3.05, 3.63) is 47.5 Å². The first-order valence-electron chi connectivity index (χ1n) is 7.77. The maximum Gasteiger partial charge on any atom is 0.231 e. The Bertz CT molecular complexity index is 842. The number of phenolic OH excluding ortho intramolecular Hbond substituents is 1. The van der Waals surface area contributed by atoms with E-state index in [9.17, 15) is 9.90 Å². The van der Waals surface area contributed by atoms with E-state index in [1.807, 2.05) is 0 Å². The van der Waals surface area contributed by atoms with Crippen molar-refractivity contribution in [1.29, 1.82) is 0 Å². The molecule has 26 heavy (non-hydrogen) atoms. The minimum Gasteiger partial charge on any atom is -0.507 e. The van der Waals surface area contributed by atoms with Gasteiger partial charge in [-0.15, -0.1) is 0 Å². The average Bonchev–Trinajstić information content (AvgIpc) is 3.10. The van der Waals surface area contributed by atoms with Gasteiger partial charge < -0.3 is 28.8 Å². The highest BCUT2D eigenvalue weighted by Crippen LogP contribution is 2.38. The second-order valence-corrected chi connectivity index (χ2v) is 5.37. The van der Waals surface area contributed by atoms with Gasteiger partial charge in [-0.1, -0.05) is 0 Å². The van der Waals surface area contributed by atoms with E-state index in [2.05, 4.69) is 0 Å². The van der Waals surface area contributed by atoms with E-state index in [0.717, 1.165) is 0 Å². The minimum absolute atomic E-state index is 0.0493. The maximum absolute atomic E-state index is 12.4. The van der Waals surface area contributed by atoms with Crippen LogP contribution in [0.15, 0.2) is 36.4 Å². The van der Waals surface area contributed by atoms with Crippen molar-refractivity contribution in [1.82, 2.24) is 0 Å². The molecule has 0 saturated carbocycles. The fourth-order valence-electron chi connectivity index (χ4n) is 2.42. The molecule has 0 spiro atoms. The average molecular weight is 358 g/mol. The highest BCUT2D eigenvalue weighted by atomic mass is 16.7. The number of phenols is 1. The van der Waals surface area contributed by atoms with Gasteiger partial charge in [-0.05, 0) is 30.4 Å². The van der Waals surface area contributed by atoms with Crippen LogP contribution in [-0.4, -0.2) is 38.7 Å². The molecule has 0 saturated heterocycles. The first-order valence-corrected chi connectivity index (χ1v) is 7.77. The number of benzene rings is 2. The third-order valence-corrected chi connectivity index (χ3v) is 3.72. The summed E-state index contributed by atoms with van der Waals surface area (Å²) >= 11 is 0. The number of aromatic hydroxyl groups is 1. The van der Waals surface area contributed by atoms with Crippen LogP contribution in [0.4, 0.5) is 0 Å². The number of fused-ring (bicyclic) bond motifs is 1. The molecular weight excluding hydrogens is 340 g/mol. The molecule has 1 aliphatic rings. The lowest BCUT2D eigenvalue weighted by atomic mass is 10.1. The molecule has 136 valence electrons. The van der Waals surface area contributed by atoms with Gasteiger partial charge in [-0.3, -0.25) is 4.79 Å². The fourth-order valence-corrected chi connectivity index (χ4v) is 2.42. The van der Waals surface area contributed by atoms with Gasteiger partial charge in [0.05, 0.1) is 12.7 Å². The number of ketones is 1. The highest BCUT2D eigenvalue weighted by Gasteiger charge is 2.17. The molecule has 0 aromatic heterocycles. The van der Waals surface area contributed by atoms with Crippen LogP contribution in [0.5, 0.6) is 28.7 Å². The van der Waals surface area contributed by atoms with Crippen LogP contribution in [0.25, 0.3) is 6.08 Å². The Morgan fingerprint density at radius 2 is 1.96 bits per heavy atom. The topological polar surface area (TPSA) is 83.5 Å². The normalized spacial score (nSPS) is 12.4. The quantitative estimate of drug-likeness (QED) is 0.463. The molecule has 1 heterocycles. The summed E-state index contributed by atoms with van der Waals surface area (Å²) in [6, 6.07) is 7.88. The molecule has 0 amide bonds. The van der Waals surface area contributed by atoms with Gasteiger partial charge >= 0.3 is 0 Å². The Balaban J connectivity index is 1.86. The van der Waals surface area contributed by atoms with E-state index >= 15 is 0 Å². The molecule has 0 bridgehead atoms. The molecule has 2 aromatic rings. The predicted molar refractivity (Wildman–Crippen MR) is 93.1 cm³/mol. The van der Waals surface area contributed by atoms with Crippen molar-refractivity contribution in [2.45, 2.75) is 0 Å². The van der Waals surface area contributed by atoms with Gasteiger partial charge in [0.15, 0.2) is 24.1 Å². The largest absolute Gasteiger partial charge is 0.507 e. The molecule has 0 fully saturated rings. The number of carbonyl (C=O) groups is 1. The maximum atomic E-state index is 12.4. The number of allylic oxidation sites excluding steroid dienone is 1. The van der Waals surface area contributed by atoms with Crippen LogP contribution in [0.3, 0.4) is 0 Å². The molecule has 2 aromatic carbocycles. The molecule has 7 heteroatoms. The molecule has 0 radical (unpaired) electrons. The highest BCUT2D eigenvalue weighted by molar-refractivity contribution is 6.08. The van der Waals surface area contributed by atoms with Gasteiger partial charge in [0, 0.05) is 24.8 Å². The lowest BCUT2D eigenvalue weighted by Gasteiger charge is -2.09. The van der Waals surface area contributed by atoms with E-state index in [4.69, 9.17) is 23.7 Å². The Morgan fingerprint density at radius 1 is 1.19 bits per heavy atom. The number of ether oxygens (including phenoxy) is 5. The van der Waals surface area contributed by atoms with Crippen LogP contribution in [-0.2, 0) is 4.74 Å². The van der Waals surface area contributed by atoms with Gasteiger partial charge in [0.2, 0.25) is 6.79 Å². The molecule has 3 rings (SSSR count). The first kappa shape index (κ1) is 17.6. The van der Waals surface area contributed by atoms with Crippen molar-refractivity contribution in [2.24, 2.45) is 0 Å². The van der Waals surface area contributed by atoms with Gasteiger partial charge in [0.25, 0.3) is 0 Å². The summed E-state index contributed by atoms with van der Waals surface area (Å²) < 4.78 is 26.1. The molecule has 1 N–H and O–H groups in total. The Labute approximate surface area is 150 Å². The molecule has 0 atom stereocenters. The number of hydrogen-bond acceptors (Lipinski definition) is 7. The third-order valence-electron chi connectivity index (χ3n) is 3.72. The van der Waals surface area contributed by atoms with Gasteiger partial charge in [-0.25, -0.2) is 0 Å². The van der Waals surface area contributed by atoms with Crippen molar-refractivity contribution in [3.63, 3.8) is 0 Å². The van der Waals surface area contributed by atoms with Crippen molar-refractivity contribution in [2.75, 3.05) is 27.8 Å². The summed E-state index contributed by atoms with van der Waals surface area (Å²) in [5, 5.41) is 9.98. The third kappa shape index (κ3) is 3.73. The zero-order valence-electron chi connectivity index (χ0n) is 14.4. The monoisotopic (exact) mass is 358 g/mol. The summed E-state index contributed by atoms with van der Waals surface area (Å²) in [6.45, 7) is 0.179. The smallest absolute Gasteiger partial charge is 0.231 e. The Hall–Kier alpha value is -3.19. The SMILES string of the molecule is COCOc1cc2c(cc1/C=C/C(=O)c1ccc(OC)cc1O)OCO2. The van der Waals surface area contributed by atoms with Gasteiger partial charge in [-0.2, -0.15) is 0 Å². The number of carbonyl (C=O) groups excluding carboxylic acids is 1. The van der Waals surface area contributed by atoms with Crippen LogP contribution >= 0.6 is 0 Å². The zero-order chi connectivity index (χ0) is 18.5. The summed E-state index contributed by atoms with van der Waals surface area (Å²) in [6.07, 6.45) is 2.93. The van der Waals surface area contributed by atoms with Gasteiger partial charge in [0.1, 0.15) is 17.2 Å². The molecule has 0 unspecified atom stereocenters. The van der Waals surface area contributed by atoms with E-state index in [1.165, 1.54) is 32.4 Å². The lowest BCUT2D eigenvalue weighted by molar-refractivity contribution is 0.0508. The van der Waals surface area contributed by atoms with Crippen LogP contribution in [0.2, 0.25) is 0 Å². The van der Waals surface area contributed by atoms with Crippen molar-refractivity contribution >= 4 is 11.9 Å². The lowest BCUT2D eigenvalue weighted by Crippen LogP contribution is -2.01.